The zero-order valence-electron chi connectivity index (χ0n) is 10.3. The van der Waals surface area contributed by atoms with Crippen LogP contribution in [0.3, 0.4) is 0 Å². The summed E-state index contributed by atoms with van der Waals surface area (Å²) in [6.07, 6.45) is 1.72. The Bertz CT molecular complexity index is 393. The predicted molar refractivity (Wildman–Crippen MR) is 70.4 cm³/mol. The van der Waals surface area contributed by atoms with Crippen molar-refractivity contribution in [3.05, 3.63) is 33.9 Å². The monoisotopic (exact) mass is 255 g/mol. The zero-order valence-corrected chi connectivity index (χ0v) is 11.1. The Balaban J connectivity index is 3.04. The highest BCUT2D eigenvalue weighted by Crippen LogP contribution is 2.34. The number of para-hydroxylation sites is 1. The second kappa shape index (κ2) is 6.49. The van der Waals surface area contributed by atoms with Gasteiger partial charge in [-0.05, 0) is 6.42 Å². The molecule has 0 unspecified atom stereocenters. The third-order valence-corrected chi connectivity index (χ3v) is 2.76. The smallest absolute Gasteiger partial charge is 0.312 e. The van der Waals surface area contributed by atoms with Crippen LogP contribution in [-0.2, 0) is 6.42 Å². The number of rotatable bonds is 6. The first-order valence-electron chi connectivity index (χ1n) is 5.65. The lowest BCUT2D eigenvalue weighted by Crippen LogP contribution is -1.99. The van der Waals surface area contributed by atoms with Gasteiger partial charge in [-0.2, -0.15) is 0 Å². The van der Waals surface area contributed by atoms with E-state index in [-0.39, 0.29) is 10.9 Å². The lowest BCUT2D eigenvalue weighted by molar-refractivity contribution is -0.385. The second-order valence-electron chi connectivity index (χ2n) is 4.00. The maximum Gasteiger partial charge on any atom is 0.312 e. The van der Waals surface area contributed by atoms with E-state index in [1.54, 1.807) is 6.07 Å². The number of nitrogens with zero attached hydrogens (tertiary/aromatic N) is 1. The van der Waals surface area contributed by atoms with Gasteiger partial charge < -0.3 is 4.18 Å². The first-order valence-corrected chi connectivity index (χ1v) is 6.46. The third-order valence-electron chi connectivity index (χ3n) is 2.12. The minimum absolute atomic E-state index is 0.0455. The molecule has 1 aromatic rings. The third kappa shape index (κ3) is 3.93. The van der Waals surface area contributed by atoms with Gasteiger partial charge in [-0.25, -0.2) is 0 Å². The summed E-state index contributed by atoms with van der Waals surface area (Å²) in [5.74, 6) is 0.401. The highest BCUT2D eigenvalue weighted by atomic mass is 32.2. The molecule has 0 fully saturated rings. The van der Waals surface area contributed by atoms with E-state index in [1.807, 2.05) is 26.8 Å². The Hall–Kier alpha value is -1.23. The molecule has 0 spiro atoms. The van der Waals surface area contributed by atoms with Crippen LogP contribution in [0, 0.1) is 10.1 Å². The van der Waals surface area contributed by atoms with Crippen molar-refractivity contribution in [2.75, 3.05) is 0 Å². The summed E-state index contributed by atoms with van der Waals surface area (Å²) in [6.45, 7) is 6.01. The Kier molecular flexibility index (Phi) is 5.28. The molecule has 0 N–H and O–H groups in total. The predicted octanol–water partition coefficient (Wildman–Crippen LogP) is 3.98. The van der Waals surface area contributed by atoms with E-state index in [1.165, 1.54) is 18.1 Å². The SMILES string of the molecule is CCCc1cccc([N+](=O)[O-])c1OSC(C)C. The molecule has 0 saturated carbocycles. The van der Waals surface area contributed by atoms with Crippen molar-refractivity contribution in [3.63, 3.8) is 0 Å². The van der Waals surface area contributed by atoms with Gasteiger partial charge in [-0.1, -0.05) is 39.3 Å². The lowest BCUT2D eigenvalue weighted by atomic mass is 10.1. The molecule has 0 aliphatic heterocycles. The molecule has 1 aromatic carbocycles. The number of aryl methyl sites for hydroxylation is 1. The molecule has 94 valence electrons. The van der Waals surface area contributed by atoms with Gasteiger partial charge in [-0.15, -0.1) is 0 Å². The average Bonchev–Trinajstić information content (AvgIpc) is 2.27. The molecular weight excluding hydrogens is 238 g/mol. The van der Waals surface area contributed by atoms with Crippen molar-refractivity contribution in [1.82, 2.24) is 0 Å². The van der Waals surface area contributed by atoms with E-state index in [9.17, 15) is 10.1 Å². The van der Waals surface area contributed by atoms with E-state index < -0.39 is 4.92 Å². The first kappa shape index (κ1) is 13.8. The Labute approximate surface area is 106 Å². The van der Waals surface area contributed by atoms with Crippen molar-refractivity contribution < 1.29 is 9.11 Å². The van der Waals surface area contributed by atoms with E-state index in [0.717, 1.165) is 18.4 Å². The fourth-order valence-electron chi connectivity index (χ4n) is 1.42. The number of benzene rings is 1. The molecule has 0 atom stereocenters. The number of nitro benzene ring substituents is 1. The first-order chi connectivity index (χ1) is 8.06. The maximum absolute atomic E-state index is 10.9. The van der Waals surface area contributed by atoms with Crippen LogP contribution in [0.25, 0.3) is 0 Å². The fourth-order valence-corrected chi connectivity index (χ4v) is 1.90. The molecule has 0 heterocycles. The van der Waals surface area contributed by atoms with Crippen LogP contribution in [-0.4, -0.2) is 10.2 Å². The standard InChI is InChI=1S/C12H17NO3S/c1-4-6-10-7-5-8-11(13(14)15)12(10)16-17-9(2)3/h5,7-9H,4,6H2,1-3H3. The summed E-state index contributed by atoms with van der Waals surface area (Å²) < 4.78 is 5.52. The van der Waals surface area contributed by atoms with Gasteiger partial charge in [-0.3, -0.25) is 10.1 Å². The van der Waals surface area contributed by atoms with Crippen molar-refractivity contribution in [3.8, 4) is 5.75 Å². The van der Waals surface area contributed by atoms with E-state index >= 15 is 0 Å². The molecule has 0 aromatic heterocycles. The lowest BCUT2D eigenvalue weighted by Gasteiger charge is -2.11. The minimum Gasteiger partial charge on any atom is -0.418 e. The van der Waals surface area contributed by atoms with E-state index in [4.69, 9.17) is 4.18 Å². The quantitative estimate of drug-likeness (QED) is 0.438. The van der Waals surface area contributed by atoms with Gasteiger partial charge >= 0.3 is 5.69 Å². The van der Waals surface area contributed by atoms with Crippen LogP contribution in [0.1, 0.15) is 32.8 Å². The molecule has 4 nitrogen and oxygen atoms in total. The van der Waals surface area contributed by atoms with Crippen LogP contribution < -0.4 is 4.18 Å². The molecule has 1 rings (SSSR count). The number of hydrogen-bond donors (Lipinski definition) is 0. The topological polar surface area (TPSA) is 52.4 Å². The highest BCUT2D eigenvalue weighted by Gasteiger charge is 2.19. The van der Waals surface area contributed by atoms with Crippen LogP contribution in [0.15, 0.2) is 18.2 Å². The van der Waals surface area contributed by atoms with E-state index in [0.29, 0.717) is 5.75 Å². The van der Waals surface area contributed by atoms with Crippen molar-refractivity contribution in [1.29, 1.82) is 0 Å². The normalized spacial score (nSPS) is 10.6. The summed E-state index contributed by atoms with van der Waals surface area (Å²) in [5.41, 5.74) is 0.943. The van der Waals surface area contributed by atoms with Gasteiger partial charge in [0.1, 0.15) is 0 Å². The van der Waals surface area contributed by atoms with Crippen LogP contribution in [0.5, 0.6) is 5.75 Å². The summed E-state index contributed by atoms with van der Waals surface area (Å²) in [7, 11) is 0. The number of hydrogen-bond acceptors (Lipinski definition) is 4. The van der Waals surface area contributed by atoms with Crippen molar-refractivity contribution >= 4 is 17.7 Å². The molecule has 0 radical (unpaired) electrons. The Morgan fingerprint density at radius 2 is 2.18 bits per heavy atom. The van der Waals surface area contributed by atoms with Gasteiger partial charge in [0.05, 0.1) is 17.0 Å². The Morgan fingerprint density at radius 3 is 2.71 bits per heavy atom. The van der Waals surface area contributed by atoms with E-state index in [2.05, 4.69) is 0 Å². The van der Waals surface area contributed by atoms with Crippen molar-refractivity contribution in [2.24, 2.45) is 0 Å². The Morgan fingerprint density at radius 1 is 1.47 bits per heavy atom. The summed E-state index contributed by atoms with van der Waals surface area (Å²) in [5, 5.41) is 11.2. The molecule has 0 bridgehead atoms. The van der Waals surface area contributed by atoms with Crippen molar-refractivity contribution in [2.45, 2.75) is 38.9 Å². The molecule has 0 amide bonds. The zero-order chi connectivity index (χ0) is 12.8. The van der Waals surface area contributed by atoms with Gasteiger partial charge in [0.25, 0.3) is 0 Å². The fraction of sp³-hybridized carbons (Fsp3) is 0.500. The minimum atomic E-state index is -0.393. The highest BCUT2D eigenvalue weighted by molar-refractivity contribution is 7.95. The molecule has 0 aliphatic rings. The van der Waals surface area contributed by atoms with Gasteiger partial charge in [0, 0.05) is 16.9 Å². The van der Waals surface area contributed by atoms with Crippen LogP contribution in [0.4, 0.5) is 5.69 Å². The second-order valence-corrected chi connectivity index (χ2v) is 5.30. The summed E-state index contributed by atoms with van der Waals surface area (Å²) >= 11 is 1.25. The van der Waals surface area contributed by atoms with Gasteiger partial charge in [0.2, 0.25) is 5.75 Å². The van der Waals surface area contributed by atoms with Crippen LogP contribution >= 0.6 is 12.0 Å². The molecule has 0 saturated heterocycles. The molecule has 0 aliphatic carbocycles. The molecule has 17 heavy (non-hydrogen) atoms. The van der Waals surface area contributed by atoms with Crippen LogP contribution in [0.2, 0.25) is 0 Å². The largest absolute Gasteiger partial charge is 0.418 e. The molecule has 5 heteroatoms. The molecular formula is C12H17NO3S. The number of nitro groups is 1. The maximum atomic E-state index is 10.9. The summed E-state index contributed by atoms with van der Waals surface area (Å²) in [4.78, 5) is 10.5. The average molecular weight is 255 g/mol. The summed E-state index contributed by atoms with van der Waals surface area (Å²) in [6, 6.07) is 5.07. The van der Waals surface area contributed by atoms with Gasteiger partial charge in [0.15, 0.2) is 0 Å².